The minimum absolute atomic E-state index is 0.0725. The third-order valence-corrected chi connectivity index (χ3v) is 3.24. The molecule has 0 unspecified atom stereocenters. The maximum atomic E-state index is 12.1. The van der Waals surface area contributed by atoms with Gasteiger partial charge in [0.15, 0.2) is 5.65 Å². The van der Waals surface area contributed by atoms with Gasteiger partial charge in [-0.3, -0.25) is 14.0 Å². The van der Waals surface area contributed by atoms with Gasteiger partial charge in [0, 0.05) is 19.7 Å². The average molecular weight is 334 g/mol. The summed E-state index contributed by atoms with van der Waals surface area (Å²) in [5.41, 5.74) is -0.365. The smallest absolute Gasteiger partial charge is 0.350 e. The molecular weight excluding hydrogens is 312 g/mol. The van der Waals surface area contributed by atoms with Gasteiger partial charge in [0.05, 0.1) is 6.54 Å². The number of aryl methyl sites for hydroxylation is 1. The molecule has 0 aliphatic carbocycles. The van der Waals surface area contributed by atoms with Gasteiger partial charge in [-0.25, -0.2) is 9.48 Å². The van der Waals surface area contributed by atoms with Crippen molar-refractivity contribution >= 4 is 17.5 Å². The number of fused-ring (bicyclic) bond motifs is 1. The Morgan fingerprint density at radius 1 is 1.29 bits per heavy atom. The van der Waals surface area contributed by atoms with Crippen molar-refractivity contribution in [1.82, 2.24) is 19.1 Å². The summed E-state index contributed by atoms with van der Waals surface area (Å²) >= 11 is 0. The molecule has 0 aromatic carbocycles. The van der Waals surface area contributed by atoms with Gasteiger partial charge in [-0.15, -0.1) is 5.10 Å². The van der Waals surface area contributed by atoms with E-state index >= 15 is 0 Å². The molecule has 0 N–H and O–H groups in total. The number of ether oxygens (including phenoxy) is 1. The Kier molecular flexibility index (Phi) is 5.06. The summed E-state index contributed by atoms with van der Waals surface area (Å²) in [5.74, 6) is -0.729. The Hall–Kier alpha value is -2.64. The van der Waals surface area contributed by atoms with E-state index in [2.05, 4.69) is 5.10 Å². The highest BCUT2D eigenvalue weighted by Gasteiger charge is 2.20. The van der Waals surface area contributed by atoms with Crippen LogP contribution in [0.1, 0.15) is 27.2 Å². The third kappa shape index (κ3) is 4.43. The van der Waals surface area contributed by atoms with Gasteiger partial charge in [-0.2, -0.15) is 0 Å². The quantitative estimate of drug-likeness (QED) is 0.751. The third-order valence-electron chi connectivity index (χ3n) is 3.24. The summed E-state index contributed by atoms with van der Waals surface area (Å²) in [4.78, 5) is 37.2. The fourth-order valence-corrected chi connectivity index (χ4v) is 2.16. The van der Waals surface area contributed by atoms with Gasteiger partial charge < -0.3 is 9.64 Å². The Labute approximate surface area is 139 Å². The number of esters is 1. The fourth-order valence-electron chi connectivity index (χ4n) is 2.16. The monoisotopic (exact) mass is 334 g/mol. The van der Waals surface area contributed by atoms with Crippen molar-refractivity contribution in [2.24, 2.45) is 0 Å². The van der Waals surface area contributed by atoms with Crippen LogP contribution in [0.3, 0.4) is 0 Å². The van der Waals surface area contributed by atoms with Crippen molar-refractivity contribution in [3.63, 3.8) is 0 Å². The molecule has 1 amide bonds. The highest BCUT2D eigenvalue weighted by molar-refractivity contribution is 5.81. The van der Waals surface area contributed by atoms with Crippen LogP contribution in [0, 0.1) is 0 Å². The number of hydrogen-bond donors (Lipinski definition) is 0. The Balaban J connectivity index is 1.93. The number of amides is 1. The molecule has 2 aromatic heterocycles. The molecule has 2 aromatic rings. The van der Waals surface area contributed by atoms with Crippen LogP contribution in [0.15, 0.2) is 29.2 Å². The van der Waals surface area contributed by atoms with Crippen LogP contribution in [0.2, 0.25) is 0 Å². The van der Waals surface area contributed by atoms with Crippen LogP contribution in [0.4, 0.5) is 0 Å². The van der Waals surface area contributed by atoms with E-state index in [-0.39, 0.29) is 31.1 Å². The molecule has 130 valence electrons. The van der Waals surface area contributed by atoms with Gasteiger partial charge in [0.1, 0.15) is 12.1 Å². The predicted molar refractivity (Wildman–Crippen MR) is 87.6 cm³/mol. The number of hydrogen-bond acceptors (Lipinski definition) is 5. The first-order valence-corrected chi connectivity index (χ1v) is 7.67. The lowest BCUT2D eigenvalue weighted by Gasteiger charge is -2.22. The number of likely N-dealkylation sites (N-methyl/N-ethyl adjacent to an activating group) is 1. The van der Waals surface area contributed by atoms with Crippen molar-refractivity contribution in [2.45, 2.75) is 39.3 Å². The van der Waals surface area contributed by atoms with Crippen molar-refractivity contribution in [3.8, 4) is 0 Å². The van der Waals surface area contributed by atoms with E-state index in [9.17, 15) is 14.4 Å². The van der Waals surface area contributed by atoms with Crippen molar-refractivity contribution in [3.05, 3.63) is 34.9 Å². The number of carbonyl (C=O) groups is 2. The molecule has 0 aliphatic heterocycles. The molecule has 0 fully saturated rings. The van der Waals surface area contributed by atoms with Crippen LogP contribution < -0.4 is 5.69 Å². The Morgan fingerprint density at radius 3 is 2.62 bits per heavy atom. The molecule has 2 rings (SSSR count). The average Bonchev–Trinajstić information content (AvgIpc) is 2.79. The van der Waals surface area contributed by atoms with Gasteiger partial charge in [0.2, 0.25) is 5.91 Å². The van der Waals surface area contributed by atoms with E-state index < -0.39 is 11.6 Å². The standard InChI is InChI=1S/C16H22N4O4/c1-16(2,3)24-14(22)11-18(4)13(21)8-10-20-15(23)19-9-6-5-7-12(19)17-20/h5-7,9H,8,10-11H2,1-4H3. The SMILES string of the molecule is CN(CC(=O)OC(C)(C)C)C(=O)CCn1nc2ccccn2c1=O. The van der Waals surface area contributed by atoms with E-state index in [1.807, 2.05) is 0 Å². The van der Waals surface area contributed by atoms with Crippen LogP contribution in [0.25, 0.3) is 5.65 Å². The second-order valence-corrected chi connectivity index (χ2v) is 6.52. The number of nitrogens with zero attached hydrogens (tertiary/aromatic N) is 4. The van der Waals surface area contributed by atoms with Crippen molar-refractivity contribution in [2.75, 3.05) is 13.6 Å². The molecule has 0 bridgehead atoms. The van der Waals surface area contributed by atoms with Crippen LogP contribution in [0.5, 0.6) is 0 Å². The summed E-state index contributed by atoms with van der Waals surface area (Å²) in [5, 5.41) is 4.16. The first kappa shape index (κ1) is 17.7. The van der Waals surface area contributed by atoms with Crippen LogP contribution in [-0.2, 0) is 20.9 Å². The summed E-state index contributed by atoms with van der Waals surface area (Å²) in [6.45, 7) is 5.32. The van der Waals surface area contributed by atoms with E-state index in [1.165, 1.54) is 21.0 Å². The Bertz CT molecular complexity index is 800. The summed E-state index contributed by atoms with van der Waals surface area (Å²) in [6.07, 6.45) is 1.70. The van der Waals surface area contributed by atoms with E-state index in [0.29, 0.717) is 5.65 Å². The van der Waals surface area contributed by atoms with Gasteiger partial charge in [-0.05, 0) is 32.9 Å². The van der Waals surface area contributed by atoms with Gasteiger partial charge >= 0.3 is 11.7 Å². The number of aromatic nitrogens is 3. The molecule has 0 atom stereocenters. The zero-order chi connectivity index (χ0) is 17.9. The number of pyridine rings is 1. The first-order valence-electron chi connectivity index (χ1n) is 7.67. The lowest BCUT2D eigenvalue weighted by molar-refractivity contribution is -0.158. The van der Waals surface area contributed by atoms with Crippen LogP contribution in [-0.4, -0.2) is 50.2 Å². The molecule has 2 heterocycles. The molecule has 0 spiro atoms. The number of rotatable bonds is 5. The largest absolute Gasteiger partial charge is 0.459 e. The summed E-state index contributed by atoms with van der Waals surface area (Å²) in [6, 6.07) is 5.24. The van der Waals surface area contributed by atoms with E-state index in [1.54, 1.807) is 45.2 Å². The molecule has 0 saturated carbocycles. The zero-order valence-electron chi connectivity index (χ0n) is 14.4. The molecule has 8 heteroatoms. The topological polar surface area (TPSA) is 85.9 Å². The summed E-state index contributed by atoms with van der Waals surface area (Å²) in [7, 11) is 1.53. The second-order valence-electron chi connectivity index (χ2n) is 6.52. The van der Waals surface area contributed by atoms with E-state index in [0.717, 1.165) is 0 Å². The second kappa shape index (κ2) is 6.86. The van der Waals surface area contributed by atoms with Crippen molar-refractivity contribution < 1.29 is 14.3 Å². The highest BCUT2D eigenvalue weighted by atomic mass is 16.6. The lowest BCUT2D eigenvalue weighted by Crippen LogP contribution is -2.37. The lowest BCUT2D eigenvalue weighted by atomic mass is 10.2. The predicted octanol–water partition coefficient (Wildman–Crippen LogP) is 0.686. The molecule has 0 aliphatic rings. The maximum absolute atomic E-state index is 12.1. The van der Waals surface area contributed by atoms with Crippen molar-refractivity contribution in [1.29, 1.82) is 0 Å². The molecule has 0 saturated heterocycles. The first-order chi connectivity index (χ1) is 11.2. The minimum atomic E-state index is -0.592. The van der Waals surface area contributed by atoms with Gasteiger partial charge in [-0.1, -0.05) is 6.07 Å². The molecule has 0 radical (unpaired) electrons. The minimum Gasteiger partial charge on any atom is -0.459 e. The van der Waals surface area contributed by atoms with Gasteiger partial charge in [0.25, 0.3) is 0 Å². The zero-order valence-corrected chi connectivity index (χ0v) is 14.4. The van der Waals surface area contributed by atoms with E-state index in [4.69, 9.17) is 4.74 Å². The molecule has 24 heavy (non-hydrogen) atoms. The highest BCUT2D eigenvalue weighted by Crippen LogP contribution is 2.07. The normalized spacial score (nSPS) is 11.5. The number of carbonyl (C=O) groups excluding carboxylic acids is 2. The molecular formula is C16H22N4O4. The fraction of sp³-hybridized carbons (Fsp3) is 0.500. The summed E-state index contributed by atoms with van der Waals surface area (Å²) < 4.78 is 7.83. The van der Waals surface area contributed by atoms with Crippen LogP contribution >= 0.6 is 0 Å². The Morgan fingerprint density at radius 2 is 2.00 bits per heavy atom. The maximum Gasteiger partial charge on any atom is 0.350 e. The molecule has 8 nitrogen and oxygen atoms in total.